The quantitative estimate of drug-likeness (QED) is 0.596. The molecule has 2 aromatic carbocycles. The number of fused-ring (bicyclic) bond motifs is 1. The number of esters is 1. The van der Waals surface area contributed by atoms with Crippen LogP contribution < -0.4 is 10.1 Å². The second-order valence-corrected chi connectivity index (χ2v) is 5.25. The van der Waals surface area contributed by atoms with Crippen LogP contribution in [0.1, 0.15) is 17.3 Å². The fraction of sp³-hybridized carbons (Fsp3) is 0.111. The summed E-state index contributed by atoms with van der Waals surface area (Å²) in [6.45, 7) is 1.35. The van der Waals surface area contributed by atoms with Crippen LogP contribution in [0.4, 0.5) is 5.69 Å². The second kappa shape index (κ2) is 5.96. The number of aryl methyl sites for hydroxylation is 1. The number of nitrogens with zero attached hydrogens (tertiary/aromatic N) is 1. The molecular formula is C18H16N2O3. The summed E-state index contributed by atoms with van der Waals surface area (Å²) in [4.78, 5) is 23.7. The molecule has 23 heavy (non-hydrogen) atoms. The van der Waals surface area contributed by atoms with E-state index in [-0.39, 0.29) is 5.91 Å². The number of anilines is 1. The zero-order valence-corrected chi connectivity index (χ0v) is 12.9. The smallest absolute Gasteiger partial charge is 0.308 e. The van der Waals surface area contributed by atoms with Crippen molar-refractivity contribution in [1.82, 2.24) is 4.57 Å². The predicted molar refractivity (Wildman–Crippen MR) is 88.6 cm³/mol. The van der Waals surface area contributed by atoms with Crippen LogP contribution in [0.15, 0.2) is 54.7 Å². The molecule has 5 nitrogen and oxygen atoms in total. The number of carbonyl (C=O) groups excluding carboxylic acids is 2. The molecule has 3 aromatic rings. The molecule has 0 spiro atoms. The lowest BCUT2D eigenvalue weighted by Gasteiger charge is -2.05. The molecule has 1 aromatic heterocycles. The molecule has 1 heterocycles. The van der Waals surface area contributed by atoms with Gasteiger partial charge in [0.1, 0.15) is 5.75 Å². The molecule has 1 N–H and O–H groups in total. The minimum Gasteiger partial charge on any atom is -0.427 e. The van der Waals surface area contributed by atoms with Crippen molar-refractivity contribution in [3.8, 4) is 5.75 Å². The van der Waals surface area contributed by atoms with Gasteiger partial charge in [-0.25, -0.2) is 0 Å². The van der Waals surface area contributed by atoms with E-state index in [9.17, 15) is 9.59 Å². The highest BCUT2D eigenvalue weighted by molar-refractivity contribution is 6.13. The standard InChI is InChI=1S/C18H16N2O3/c1-12(21)23-14-8-9-17-15(10-14)16(11-20(17)2)18(22)19-13-6-4-3-5-7-13/h3-11H,1-2H3,(H,19,22). The van der Waals surface area contributed by atoms with E-state index < -0.39 is 5.97 Å². The Hall–Kier alpha value is -3.08. The van der Waals surface area contributed by atoms with Crippen LogP contribution in [0.5, 0.6) is 5.75 Å². The zero-order valence-electron chi connectivity index (χ0n) is 12.9. The first kappa shape index (κ1) is 14.8. The number of hydrogen-bond acceptors (Lipinski definition) is 3. The van der Waals surface area contributed by atoms with Crippen LogP contribution in [0.25, 0.3) is 10.9 Å². The summed E-state index contributed by atoms with van der Waals surface area (Å²) in [5.74, 6) is -0.178. The number of rotatable bonds is 3. The van der Waals surface area contributed by atoms with Crippen molar-refractivity contribution in [2.24, 2.45) is 7.05 Å². The molecule has 0 atom stereocenters. The molecule has 0 radical (unpaired) electrons. The SMILES string of the molecule is CC(=O)Oc1ccc2c(c1)c(C(=O)Nc1ccccc1)cn2C. The van der Waals surface area contributed by atoms with E-state index in [4.69, 9.17) is 4.74 Å². The molecule has 1 amide bonds. The highest BCUT2D eigenvalue weighted by Gasteiger charge is 2.15. The average Bonchev–Trinajstić information content (AvgIpc) is 2.84. The van der Waals surface area contributed by atoms with Gasteiger partial charge in [-0.15, -0.1) is 0 Å². The van der Waals surface area contributed by atoms with Crippen LogP contribution in [0.2, 0.25) is 0 Å². The van der Waals surface area contributed by atoms with E-state index in [0.29, 0.717) is 11.3 Å². The Labute approximate surface area is 133 Å². The third-order valence-electron chi connectivity index (χ3n) is 3.50. The highest BCUT2D eigenvalue weighted by Crippen LogP contribution is 2.26. The number of benzene rings is 2. The molecule has 0 aliphatic carbocycles. The van der Waals surface area contributed by atoms with Crippen molar-refractivity contribution in [2.75, 3.05) is 5.32 Å². The first-order chi connectivity index (χ1) is 11.0. The summed E-state index contributed by atoms with van der Waals surface area (Å²) < 4.78 is 6.97. The van der Waals surface area contributed by atoms with Gasteiger partial charge in [-0.05, 0) is 30.3 Å². The number of ether oxygens (including phenoxy) is 1. The number of carbonyl (C=O) groups is 2. The number of aromatic nitrogens is 1. The molecule has 0 bridgehead atoms. The molecule has 0 fully saturated rings. The van der Waals surface area contributed by atoms with Gasteiger partial charge >= 0.3 is 5.97 Å². The summed E-state index contributed by atoms with van der Waals surface area (Å²) in [5.41, 5.74) is 2.14. The van der Waals surface area contributed by atoms with Gasteiger partial charge in [0, 0.05) is 36.8 Å². The summed E-state index contributed by atoms with van der Waals surface area (Å²) in [6.07, 6.45) is 1.76. The minimum absolute atomic E-state index is 0.207. The van der Waals surface area contributed by atoms with Crippen molar-refractivity contribution in [3.63, 3.8) is 0 Å². The van der Waals surface area contributed by atoms with Crippen molar-refractivity contribution in [1.29, 1.82) is 0 Å². The Morgan fingerprint density at radius 1 is 1.09 bits per heavy atom. The van der Waals surface area contributed by atoms with E-state index >= 15 is 0 Å². The van der Waals surface area contributed by atoms with Gasteiger partial charge in [0.15, 0.2) is 0 Å². The van der Waals surface area contributed by atoms with Gasteiger partial charge in [-0.2, -0.15) is 0 Å². The number of hydrogen-bond donors (Lipinski definition) is 1. The molecule has 5 heteroatoms. The third-order valence-corrected chi connectivity index (χ3v) is 3.50. The van der Waals surface area contributed by atoms with Gasteiger partial charge in [0.2, 0.25) is 0 Å². The summed E-state index contributed by atoms with van der Waals surface area (Å²) in [5, 5.41) is 3.60. The van der Waals surface area contributed by atoms with Crippen molar-refractivity contribution in [2.45, 2.75) is 6.92 Å². The summed E-state index contributed by atoms with van der Waals surface area (Å²) in [7, 11) is 1.87. The Morgan fingerprint density at radius 3 is 2.52 bits per heavy atom. The lowest BCUT2D eigenvalue weighted by molar-refractivity contribution is -0.131. The molecule has 3 rings (SSSR count). The van der Waals surface area contributed by atoms with Crippen LogP contribution >= 0.6 is 0 Å². The minimum atomic E-state index is -0.393. The van der Waals surface area contributed by atoms with Crippen LogP contribution in [-0.4, -0.2) is 16.4 Å². The molecule has 0 aliphatic rings. The fourth-order valence-electron chi connectivity index (χ4n) is 2.50. The van der Waals surface area contributed by atoms with Crippen molar-refractivity contribution < 1.29 is 14.3 Å². The number of amides is 1. The van der Waals surface area contributed by atoms with E-state index in [0.717, 1.165) is 16.6 Å². The number of para-hydroxylation sites is 1. The Bertz CT molecular complexity index is 882. The Morgan fingerprint density at radius 2 is 1.83 bits per heavy atom. The van der Waals surface area contributed by atoms with Crippen LogP contribution in [-0.2, 0) is 11.8 Å². The molecule has 0 saturated carbocycles. The lowest BCUT2D eigenvalue weighted by Crippen LogP contribution is -2.11. The highest BCUT2D eigenvalue weighted by atomic mass is 16.5. The Kier molecular flexibility index (Phi) is 3.85. The maximum absolute atomic E-state index is 12.5. The van der Waals surface area contributed by atoms with E-state index in [1.165, 1.54) is 6.92 Å². The summed E-state index contributed by atoms with van der Waals surface area (Å²) >= 11 is 0. The van der Waals surface area contributed by atoms with Crippen molar-refractivity contribution in [3.05, 3.63) is 60.3 Å². The van der Waals surface area contributed by atoms with Gasteiger partial charge in [-0.1, -0.05) is 18.2 Å². The van der Waals surface area contributed by atoms with E-state index in [2.05, 4.69) is 5.32 Å². The maximum Gasteiger partial charge on any atom is 0.308 e. The average molecular weight is 308 g/mol. The Balaban J connectivity index is 1.99. The van der Waals surface area contributed by atoms with Crippen molar-refractivity contribution >= 4 is 28.5 Å². The second-order valence-electron chi connectivity index (χ2n) is 5.25. The first-order valence-electron chi connectivity index (χ1n) is 7.18. The van der Waals surface area contributed by atoms with Crippen LogP contribution in [0, 0.1) is 0 Å². The molecule has 0 aliphatic heterocycles. The van der Waals surface area contributed by atoms with Gasteiger partial charge in [0.05, 0.1) is 5.56 Å². The number of nitrogens with one attached hydrogen (secondary N) is 1. The van der Waals surface area contributed by atoms with Gasteiger partial charge in [-0.3, -0.25) is 9.59 Å². The molecule has 116 valence electrons. The molecule has 0 unspecified atom stereocenters. The normalized spacial score (nSPS) is 10.5. The monoisotopic (exact) mass is 308 g/mol. The first-order valence-corrected chi connectivity index (χ1v) is 7.18. The maximum atomic E-state index is 12.5. The fourth-order valence-corrected chi connectivity index (χ4v) is 2.50. The van der Waals surface area contributed by atoms with Gasteiger partial charge < -0.3 is 14.6 Å². The third kappa shape index (κ3) is 3.08. The van der Waals surface area contributed by atoms with Gasteiger partial charge in [0.25, 0.3) is 5.91 Å². The predicted octanol–water partition coefficient (Wildman–Crippen LogP) is 3.36. The summed E-state index contributed by atoms with van der Waals surface area (Å²) in [6, 6.07) is 14.5. The van der Waals surface area contributed by atoms with E-state index in [1.54, 1.807) is 18.3 Å². The largest absolute Gasteiger partial charge is 0.427 e. The topological polar surface area (TPSA) is 60.3 Å². The van der Waals surface area contributed by atoms with Crippen LogP contribution in [0.3, 0.4) is 0 Å². The van der Waals surface area contributed by atoms with E-state index in [1.807, 2.05) is 48.0 Å². The molecular weight excluding hydrogens is 292 g/mol. The molecule has 0 saturated heterocycles. The lowest BCUT2D eigenvalue weighted by atomic mass is 10.1. The zero-order chi connectivity index (χ0) is 16.4.